The summed E-state index contributed by atoms with van der Waals surface area (Å²) in [5.74, 6) is 1.07. The van der Waals surface area contributed by atoms with E-state index in [-0.39, 0.29) is 0 Å². The molecule has 1 fully saturated rings. The number of nitrogens with zero attached hydrogens (tertiary/aromatic N) is 1. The molecule has 2 heterocycles. The molecule has 3 nitrogen and oxygen atoms in total. The highest BCUT2D eigenvalue weighted by Gasteiger charge is 2.28. The second kappa shape index (κ2) is 6.10. The molecule has 1 atom stereocenters. The summed E-state index contributed by atoms with van der Waals surface area (Å²) in [6.07, 6.45) is 5.30. The van der Waals surface area contributed by atoms with Crippen LogP contribution in [0.1, 0.15) is 58.8 Å². The van der Waals surface area contributed by atoms with E-state index in [1.54, 1.807) is 6.26 Å². The number of hydrogen-bond donors (Lipinski definition) is 1. The Morgan fingerprint density at radius 2 is 2.05 bits per heavy atom. The first-order chi connectivity index (χ1) is 9.00. The SMILES string of the molecule is CCC(NC1CCN(C(C)(C)C)CC1)c1ccco1. The zero-order valence-electron chi connectivity index (χ0n) is 12.8. The average molecular weight is 264 g/mol. The van der Waals surface area contributed by atoms with Crippen LogP contribution in [-0.2, 0) is 0 Å². The van der Waals surface area contributed by atoms with E-state index in [1.807, 2.05) is 6.07 Å². The fraction of sp³-hybridized carbons (Fsp3) is 0.750. The number of piperidine rings is 1. The van der Waals surface area contributed by atoms with Gasteiger partial charge < -0.3 is 9.73 Å². The predicted molar refractivity (Wildman–Crippen MR) is 79.2 cm³/mol. The normalized spacial score (nSPS) is 20.6. The van der Waals surface area contributed by atoms with Gasteiger partial charge in [-0.2, -0.15) is 0 Å². The van der Waals surface area contributed by atoms with Gasteiger partial charge >= 0.3 is 0 Å². The number of nitrogens with one attached hydrogen (secondary N) is 1. The first-order valence-electron chi connectivity index (χ1n) is 7.55. The molecule has 1 saturated heterocycles. The van der Waals surface area contributed by atoms with Gasteiger partial charge in [-0.15, -0.1) is 0 Å². The van der Waals surface area contributed by atoms with Gasteiger partial charge in [0.05, 0.1) is 12.3 Å². The molecule has 2 rings (SSSR count). The molecule has 1 aromatic heterocycles. The zero-order valence-corrected chi connectivity index (χ0v) is 12.8. The molecule has 0 bridgehead atoms. The van der Waals surface area contributed by atoms with Gasteiger partial charge in [0.25, 0.3) is 0 Å². The molecule has 108 valence electrons. The standard InChI is InChI=1S/C16H28N2O/c1-5-14(15-7-6-12-19-15)17-13-8-10-18(11-9-13)16(2,3)4/h6-7,12-14,17H,5,8-11H2,1-4H3. The Morgan fingerprint density at radius 3 is 2.53 bits per heavy atom. The van der Waals surface area contributed by atoms with Crippen LogP contribution < -0.4 is 5.32 Å². The van der Waals surface area contributed by atoms with Gasteiger partial charge in [0.15, 0.2) is 0 Å². The van der Waals surface area contributed by atoms with Crippen LogP contribution in [0.15, 0.2) is 22.8 Å². The van der Waals surface area contributed by atoms with Crippen molar-refractivity contribution in [2.24, 2.45) is 0 Å². The summed E-state index contributed by atoms with van der Waals surface area (Å²) in [4.78, 5) is 2.58. The Balaban J connectivity index is 1.85. The lowest BCUT2D eigenvalue weighted by atomic mass is 9.97. The van der Waals surface area contributed by atoms with Crippen LogP contribution in [0.3, 0.4) is 0 Å². The predicted octanol–water partition coefficient (Wildman–Crippen LogP) is 3.58. The van der Waals surface area contributed by atoms with E-state index in [0.717, 1.165) is 12.2 Å². The third-order valence-electron chi connectivity index (χ3n) is 4.18. The van der Waals surface area contributed by atoms with Crippen molar-refractivity contribution in [3.05, 3.63) is 24.2 Å². The van der Waals surface area contributed by atoms with Crippen LogP contribution in [0.2, 0.25) is 0 Å². The van der Waals surface area contributed by atoms with Crippen LogP contribution in [0.4, 0.5) is 0 Å². The maximum absolute atomic E-state index is 5.53. The quantitative estimate of drug-likeness (QED) is 0.901. The summed E-state index contributed by atoms with van der Waals surface area (Å²) >= 11 is 0. The van der Waals surface area contributed by atoms with Crippen molar-refractivity contribution < 1.29 is 4.42 Å². The molecule has 19 heavy (non-hydrogen) atoms. The Labute approximate surface area is 117 Å². The summed E-state index contributed by atoms with van der Waals surface area (Å²) in [5, 5.41) is 3.76. The maximum Gasteiger partial charge on any atom is 0.120 e. The zero-order chi connectivity index (χ0) is 13.9. The Bertz CT molecular complexity index is 359. The molecule has 0 spiro atoms. The third-order valence-corrected chi connectivity index (χ3v) is 4.18. The molecule has 1 aliphatic rings. The summed E-state index contributed by atoms with van der Waals surface area (Å²) in [5.41, 5.74) is 0.302. The number of furan rings is 1. The topological polar surface area (TPSA) is 28.4 Å². The van der Waals surface area contributed by atoms with Crippen molar-refractivity contribution in [1.29, 1.82) is 0 Å². The van der Waals surface area contributed by atoms with Gasteiger partial charge in [-0.25, -0.2) is 0 Å². The Hall–Kier alpha value is -0.800. The molecule has 0 amide bonds. The lowest BCUT2D eigenvalue weighted by molar-refractivity contribution is 0.0927. The van der Waals surface area contributed by atoms with Crippen molar-refractivity contribution in [3.8, 4) is 0 Å². The van der Waals surface area contributed by atoms with Gasteiger partial charge in [-0.1, -0.05) is 6.92 Å². The van der Waals surface area contributed by atoms with Crippen LogP contribution in [0, 0.1) is 0 Å². The van der Waals surface area contributed by atoms with Gasteiger partial charge in [0.1, 0.15) is 5.76 Å². The highest BCUT2D eigenvalue weighted by Crippen LogP contribution is 2.23. The molecule has 0 aliphatic carbocycles. The van der Waals surface area contributed by atoms with Gasteiger partial charge in [0.2, 0.25) is 0 Å². The second-order valence-electron chi connectivity index (χ2n) is 6.58. The van der Waals surface area contributed by atoms with Crippen LogP contribution >= 0.6 is 0 Å². The molecule has 1 N–H and O–H groups in total. The number of hydrogen-bond acceptors (Lipinski definition) is 3. The monoisotopic (exact) mass is 264 g/mol. The van der Waals surface area contributed by atoms with E-state index in [9.17, 15) is 0 Å². The molecular formula is C16H28N2O. The van der Waals surface area contributed by atoms with E-state index >= 15 is 0 Å². The lowest BCUT2D eigenvalue weighted by Crippen LogP contribution is -2.50. The number of likely N-dealkylation sites (tertiary alicyclic amines) is 1. The van der Waals surface area contributed by atoms with E-state index in [4.69, 9.17) is 4.42 Å². The van der Waals surface area contributed by atoms with Crippen LogP contribution in [0.25, 0.3) is 0 Å². The Kier molecular flexibility index (Phi) is 4.69. The summed E-state index contributed by atoms with van der Waals surface area (Å²) in [6.45, 7) is 11.5. The second-order valence-corrected chi connectivity index (χ2v) is 6.58. The minimum Gasteiger partial charge on any atom is -0.468 e. The minimum atomic E-state index is 0.302. The van der Waals surface area contributed by atoms with E-state index in [0.29, 0.717) is 17.6 Å². The fourth-order valence-electron chi connectivity index (χ4n) is 2.89. The maximum atomic E-state index is 5.53. The van der Waals surface area contributed by atoms with E-state index in [2.05, 4.69) is 44.0 Å². The average Bonchev–Trinajstić information content (AvgIpc) is 2.89. The Morgan fingerprint density at radius 1 is 1.37 bits per heavy atom. The third kappa shape index (κ3) is 3.83. The molecule has 0 saturated carbocycles. The highest BCUT2D eigenvalue weighted by atomic mass is 16.3. The van der Waals surface area contributed by atoms with Crippen molar-refractivity contribution in [2.75, 3.05) is 13.1 Å². The summed E-state index contributed by atoms with van der Waals surface area (Å²) < 4.78 is 5.53. The molecular weight excluding hydrogens is 236 g/mol. The minimum absolute atomic E-state index is 0.302. The van der Waals surface area contributed by atoms with E-state index < -0.39 is 0 Å². The van der Waals surface area contributed by atoms with Crippen molar-refractivity contribution in [3.63, 3.8) is 0 Å². The van der Waals surface area contributed by atoms with Crippen molar-refractivity contribution in [2.45, 2.75) is 64.6 Å². The van der Waals surface area contributed by atoms with Gasteiger partial charge in [-0.05, 0) is 52.2 Å². The summed E-state index contributed by atoms with van der Waals surface area (Å²) in [7, 11) is 0. The smallest absolute Gasteiger partial charge is 0.120 e. The lowest BCUT2D eigenvalue weighted by Gasteiger charge is -2.41. The van der Waals surface area contributed by atoms with E-state index in [1.165, 1.54) is 25.9 Å². The molecule has 1 aliphatic heterocycles. The van der Waals surface area contributed by atoms with Crippen molar-refractivity contribution >= 4 is 0 Å². The molecule has 3 heteroatoms. The highest BCUT2D eigenvalue weighted by molar-refractivity contribution is 5.04. The van der Waals surface area contributed by atoms with Crippen LogP contribution in [-0.4, -0.2) is 29.6 Å². The summed E-state index contributed by atoms with van der Waals surface area (Å²) in [6, 6.07) is 5.03. The number of rotatable bonds is 4. The van der Waals surface area contributed by atoms with Crippen molar-refractivity contribution in [1.82, 2.24) is 10.2 Å². The van der Waals surface area contributed by atoms with Gasteiger partial charge in [-0.3, -0.25) is 4.90 Å². The largest absolute Gasteiger partial charge is 0.468 e. The van der Waals surface area contributed by atoms with Crippen LogP contribution in [0.5, 0.6) is 0 Å². The molecule has 1 aromatic rings. The fourth-order valence-corrected chi connectivity index (χ4v) is 2.89. The first kappa shape index (κ1) is 14.6. The first-order valence-corrected chi connectivity index (χ1v) is 7.55. The molecule has 0 aromatic carbocycles. The molecule has 0 radical (unpaired) electrons. The van der Waals surface area contributed by atoms with Gasteiger partial charge in [0, 0.05) is 24.7 Å². The molecule has 1 unspecified atom stereocenters.